The standard InChI is InChI=1S/C26H34O7.C20H29ClO6.C16H26O4/c1-18(2)13-14-20-25(3,33-20)24-23(30-4)19(15-16-26(24)17-31-26)32-22(29)12-10-8-6-5-7-9-11-21(27)28;1-12(2)5-6-15-19(3,27-15)18-17(24-4)14(7-8-20(18)11-25-20)26-16(23)9-13(22)10-21;1-10(2)5-6-12-15(3,20-12)14-13(18-4)11(17)7-8-16(14)9-19-16/h5-13,19-20,23-24H,14-17H2,1-4H3,(H,27,28);5,14-15,17-18H,6-11H2,1-4H3;5,11-14,17H,6-9H2,1-4H3/b7-5+,8-6+,11-9+,12-10+;;/t19?,20-,23?,24?,25+,26?;14?,15-,17?,18?,19+,20?;/m11./s1. The molecular weight excluding hydrogens is 1050 g/mol. The zero-order valence-corrected chi connectivity index (χ0v) is 49.8. The number of esters is 2. The molecule has 0 aromatic carbocycles. The van der Waals surface area contributed by atoms with Crippen molar-refractivity contribution in [3.05, 3.63) is 83.6 Å². The first-order valence-corrected chi connectivity index (χ1v) is 28.9. The summed E-state index contributed by atoms with van der Waals surface area (Å²) in [4.78, 5) is 46.3. The molecule has 3 aliphatic carbocycles. The highest BCUT2D eigenvalue weighted by Gasteiger charge is 2.74. The number of ether oxygens (including phenoxy) is 11. The van der Waals surface area contributed by atoms with Crippen molar-refractivity contribution < 1.29 is 81.5 Å². The number of hydrogen-bond acceptors (Lipinski definition) is 16. The molecule has 0 bridgehead atoms. The molecule has 446 valence electrons. The zero-order valence-electron chi connectivity index (χ0n) is 49.1. The van der Waals surface area contributed by atoms with Crippen molar-refractivity contribution in [3.8, 4) is 0 Å². The number of epoxide rings is 6. The predicted molar refractivity (Wildman–Crippen MR) is 299 cm³/mol. The molecule has 18 atom stereocenters. The molecule has 0 aromatic heterocycles. The van der Waals surface area contributed by atoms with E-state index < -0.39 is 30.1 Å². The molecule has 0 radical (unpaired) electrons. The molecule has 6 heterocycles. The fourth-order valence-corrected chi connectivity index (χ4v) is 13.3. The van der Waals surface area contributed by atoms with E-state index in [1.54, 1.807) is 51.7 Å². The predicted octanol–water partition coefficient (Wildman–Crippen LogP) is 8.77. The third-order valence-corrected chi connectivity index (χ3v) is 18.1. The fraction of sp³-hybridized carbons (Fsp3) is 0.710. The van der Waals surface area contributed by atoms with Crippen molar-refractivity contribution in [2.24, 2.45) is 17.8 Å². The number of alkyl halides is 1. The van der Waals surface area contributed by atoms with Crippen LogP contribution >= 0.6 is 11.6 Å². The number of aliphatic hydroxyl groups excluding tert-OH is 1. The van der Waals surface area contributed by atoms with E-state index >= 15 is 0 Å². The maximum Gasteiger partial charge on any atom is 0.331 e. The Bertz CT molecular complexity index is 2420. The minimum absolute atomic E-state index is 0.00928. The molecule has 17 nitrogen and oxygen atoms in total. The highest BCUT2D eigenvalue weighted by molar-refractivity contribution is 6.28. The molecule has 9 fully saturated rings. The number of carbonyl (C=O) groups excluding carboxylic acids is 3. The lowest BCUT2D eigenvalue weighted by Crippen LogP contribution is -2.55. The lowest BCUT2D eigenvalue weighted by Gasteiger charge is -2.42. The molecule has 18 heteroatoms. The molecular formula is C62H89ClO17. The van der Waals surface area contributed by atoms with Crippen LogP contribution in [0.5, 0.6) is 0 Å². The number of rotatable bonds is 22. The van der Waals surface area contributed by atoms with E-state index in [0.717, 1.165) is 57.6 Å². The SMILES string of the molecule is COC1C(O)CCC2(CO2)C1C1(C)OC1CC=C(C)C.COC1C(OC(=O)/C=C/C=C/C=C/C=C/C(=O)O)CCC2(CO2)C1[C@@]1(C)O[C@@H]1CC=C(C)C.COC1C(OC(=O)CC(=O)CCl)CCC2(CO2)C1[C@@]1(C)O[C@@H]1CC=C(C)C. The highest BCUT2D eigenvalue weighted by atomic mass is 35.5. The van der Waals surface area contributed by atoms with E-state index in [0.29, 0.717) is 26.1 Å². The molecule has 9 rings (SSSR count). The van der Waals surface area contributed by atoms with Gasteiger partial charge < -0.3 is 62.3 Å². The topological polar surface area (TPSA) is 230 Å². The number of carbonyl (C=O) groups is 4. The maximum atomic E-state index is 12.4. The van der Waals surface area contributed by atoms with Crippen molar-refractivity contribution in [2.75, 3.05) is 47.0 Å². The third kappa shape index (κ3) is 15.1. The number of allylic oxidation sites excluding steroid dienone is 9. The van der Waals surface area contributed by atoms with E-state index in [9.17, 15) is 24.3 Å². The van der Waals surface area contributed by atoms with Crippen LogP contribution in [0.25, 0.3) is 0 Å². The van der Waals surface area contributed by atoms with Crippen molar-refractivity contribution in [3.63, 3.8) is 0 Å². The summed E-state index contributed by atoms with van der Waals surface area (Å²) in [5, 5.41) is 18.8. The summed E-state index contributed by atoms with van der Waals surface area (Å²) < 4.78 is 64.6. The average molecular weight is 1140 g/mol. The Balaban J connectivity index is 0.000000178. The van der Waals surface area contributed by atoms with E-state index in [4.69, 9.17) is 68.8 Å². The van der Waals surface area contributed by atoms with Crippen LogP contribution < -0.4 is 0 Å². The molecule has 9 aliphatic rings. The first-order valence-electron chi connectivity index (χ1n) is 28.4. The summed E-state index contributed by atoms with van der Waals surface area (Å²) in [5.74, 6) is -2.44. The average Bonchev–Trinajstić information content (AvgIpc) is 3.90. The van der Waals surface area contributed by atoms with Crippen molar-refractivity contribution in [1.82, 2.24) is 0 Å². The van der Waals surface area contributed by atoms with Crippen molar-refractivity contribution in [2.45, 2.75) is 215 Å². The number of Topliss-reactive ketones (excluding diaryl/α,β-unsaturated/α-hetero) is 1. The van der Waals surface area contributed by atoms with Gasteiger partial charge in [-0.1, -0.05) is 71.4 Å². The molecule has 3 spiro atoms. The quantitative estimate of drug-likeness (QED) is 0.0196. The van der Waals surface area contributed by atoms with Crippen LogP contribution in [0.3, 0.4) is 0 Å². The second-order valence-corrected chi connectivity index (χ2v) is 24.6. The van der Waals surface area contributed by atoms with Gasteiger partial charge in [0, 0.05) is 33.5 Å². The minimum atomic E-state index is -1.00. The Kier molecular flexibility index (Phi) is 21.0. The Labute approximate surface area is 478 Å². The van der Waals surface area contributed by atoms with Gasteiger partial charge in [0.05, 0.1) is 79.6 Å². The lowest BCUT2D eigenvalue weighted by atomic mass is 9.68. The van der Waals surface area contributed by atoms with Gasteiger partial charge in [-0.05, 0) is 120 Å². The van der Waals surface area contributed by atoms with Crippen molar-refractivity contribution in [1.29, 1.82) is 0 Å². The third-order valence-electron chi connectivity index (χ3n) is 17.8. The van der Waals surface area contributed by atoms with Gasteiger partial charge in [0.2, 0.25) is 0 Å². The van der Waals surface area contributed by atoms with Crippen LogP contribution in [-0.2, 0) is 71.3 Å². The second-order valence-electron chi connectivity index (χ2n) is 24.4. The zero-order chi connectivity index (χ0) is 58.4. The van der Waals surface area contributed by atoms with Crippen LogP contribution in [0.15, 0.2) is 83.6 Å². The number of hydrogen-bond donors (Lipinski definition) is 2. The van der Waals surface area contributed by atoms with Crippen LogP contribution in [0, 0.1) is 17.8 Å². The monoisotopic (exact) mass is 1140 g/mol. The summed E-state index contributed by atoms with van der Waals surface area (Å²) in [6, 6.07) is 0. The summed E-state index contributed by atoms with van der Waals surface area (Å²) in [5.41, 5.74) is 2.23. The molecule has 3 saturated carbocycles. The van der Waals surface area contributed by atoms with Gasteiger partial charge in [0.1, 0.15) is 58.8 Å². The first-order chi connectivity index (χ1) is 37.9. The number of halogens is 1. The number of methoxy groups -OCH3 is 3. The van der Waals surface area contributed by atoms with Gasteiger partial charge in [0.25, 0.3) is 0 Å². The summed E-state index contributed by atoms with van der Waals surface area (Å²) >= 11 is 5.48. The lowest BCUT2D eigenvalue weighted by molar-refractivity contribution is -0.172. The molecule has 0 amide bonds. The van der Waals surface area contributed by atoms with Gasteiger partial charge >= 0.3 is 17.9 Å². The Hall–Kier alpha value is -3.85. The molecule has 6 saturated heterocycles. The Morgan fingerprint density at radius 2 is 0.912 bits per heavy atom. The number of carboxylic acid groups (broad SMARTS) is 1. The van der Waals surface area contributed by atoms with Gasteiger partial charge in [-0.3, -0.25) is 9.59 Å². The van der Waals surface area contributed by atoms with E-state index in [1.165, 1.54) is 28.9 Å². The molecule has 14 unspecified atom stereocenters. The van der Waals surface area contributed by atoms with E-state index in [-0.39, 0.29) is 112 Å². The first kappa shape index (κ1) is 63.7. The van der Waals surface area contributed by atoms with Gasteiger partial charge in [-0.25, -0.2) is 9.59 Å². The number of aliphatic carboxylic acids is 1. The summed E-state index contributed by atoms with van der Waals surface area (Å²) in [6.07, 6.45) is 23.9. The Morgan fingerprint density at radius 3 is 1.27 bits per heavy atom. The van der Waals surface area contributed by atoms with Gasteiger partial charge in [-0.2, -0.15) is 0 Å². The second kappa shape index (κ2) is 26.4. The van der Waals surface area contributed by atoms with Crippen LogP contribution in [0.1, 0.15) is 127 Å². The van der Waals surface area contributed by atoms with E-state index in [2.05, 4.69) is 80.5 Å². The molecule has 0 aromatic rings. The Morgan fingerprint density at radius 1 is 0.550 bits per heavy atom. The van der Waals surface area contributed by atoms with Crippen LogP contribution in [0.2, 0.25) is 0 Å². The highest BCUT2D eigenvalue weighted by Crippen LogP contribution is 2.62. The van der Waals surface area contributed by atoms with Crippen LogP contribution in [0.4, 0.5) is 0 Å². The summed E-state index contributed by atoms with van der Waals surface area (Å²) in [6.45, 7) is 21.0. The van der Waals surface area contributed by atoms with E-state index in [1.807, 2.05) is 0 Å². The maximum absolute atomic E-state index is 12.4. The number of carboxylic acids is 1. The largest absolute Gasteiger partial charge is 0.478 e. The van der Waals surface area contributed by atoms with Crippen LogP contribution in [-0.4, -0.2) is 169 Å². The smallest absolute Gasteiger partial charge is 0.331 e. The molecule has 2 N–H and O–H groups in total. The molecule has 80 heavy (non-hydrogen) atoms. The van der Waals surface area contributed by atoms with Crippen molar-refractivity contribution >= 4 is 35.3 Å². The minimum Gasteiger partial charge on any atom is -0.478 e. The fourth-order valence-electron chi connectivity index (χ4n) is 13.2. The van der Waals surface area contributed by atoms with Gasteiger partial charge in [0.15, 0.2) is 5.78 Å². The number of ketones is 1. The summed E-state index contributed by atoms with van der Waals surface area (Å²) in [7, 11) is 4.96. The number of aliphatic hydroxyl groups is 1. The van der Waals surface area contributed by atoms with Gasteiger partial charge in [-0.15, -0.1) is 11.6 Å². The normalized spacial score (nSPS) is 40.6. The molecule has 6 aliphatic heterocycles.